The molecule has 1 N–H and O–H groups in total. The number of hydrogen-bond acceptors (Lipinski definition) is 6. The van der Waals surface area contributed by atoms with E-state index in [9.17, 15) is 4.79 Å². The number of nitrogens with one attached hydrogen (secondary N) is 1. The molecule has 32 heavy (non-hydrogen) atoms. The zero-order chi connectivity index (χ0) is 22.7. The average molecular weight is 435 g/mol. The first-order valence-corrected chi connectivity index (χ1v) is 11.0. The van der Waals surface area contributed by atoms with Gasteiger partial charge in [0.2, 0.25) is 11.7 Å². The number of pyridine rings is 1. The van der Waals surface area contributed by atoms with Crippen molar-refractivity contribution in [2.75, 3.05) is 36.4 Å². The summed E-state index contributed by atoms with van der Waals surface area (Å²) in [5, 5.41) is 7.00. The Balaban J connectivity index is 1.31. The fourth-order valence-electron chi connectivity index (χ4n) is 3.62. The first-order chi connectivity index (χ1) is 15.3. The van der Waals surface area contributed by atoms with E-state index in [-0.39, 0.29) is 11.4 Å². The Kier molecular flexibility index (Phi) is 6.12. The SMILES string of the molecule is CCc1nc(-c2ccc(N3CCN(C(=O)Nc4ccc(C(C)(C)C)cc4)CC3)nc2)no1. The molecule has 1 saturated heterocycles. The Morgan fingerprint density at radius 1 is 1.06 bits per heavy atom. The Bertz CT molecular complexity index is 1050. The molecule has 0 atom stereocenters. The van der Waals surface area contributed by atoms with Crippen molar-refractivity contribution in [3.63, 3.8) is 0 Å². The standard InChI is InChI=1S/C24H30N6O2/c1-5-21-27-22(28-32-21)17-6-11-20(25-16-17)29-12-14-30(15-13-29)23(31)26-19-9-7-18(8-10-19)24(2,3)4/h6-11,16H,5,12-15H2,1-4H3,(H,26,31). The van der Waals surface area contributed by atoms with Crippen molar-refractivity contribution in [1.82, 2.24) is 20.0 Å². The third kappa shape index (κ3) is 4.90. The smallest absolute Gasteiger partial charge is 0.321 e. The van der Waals surface area contributed by atoms with E-state index in [1.807, 2.05) is 36.1 Å². The van der Waals surface area contributed by atoms with Crippen LogP contribution in [0.2, 0.25) is 0 Å². The zero-order valence-corrected chi connectivity index (χ0v) is 19.1. The summed E-state index contributed by atoms with van der Waals surface area (Å²) in [5.41, 5.74) is 2.98. The quantitative estimate of drug-likeness (QED) is 0.657. The van der Waals surface area contributed by atoms with Crippen molar-refractivity contribution in [1.29, 1.82) is 0 Å². The first-order valence-electron chi connectivity index (χ1n) is 11.0. The van der Waals surface area contributed by atoms with Gasteiger partial charge in [-0.3, -0.25) is 0 Å². The van der Waals surface area contributed by atoms with Crippen molar-refractivity contribution >= 4 is 17.5 Å². The van der Waals surface area contributed by atoms with Crippen LogP contribution in [-0.4, -0.2) is 52.2 Å². The molecule has 2 amide bonds. The molecule has 2 aromatic heterocycles. The molecule has 1 aliphatic heterocycles. The lowest BCUT2D eigenvalue weighted by molar-refractivity contribution is 0.208. The number of nitrogens with zero attached hydrogens (tertiary/aromatic N) is 5. The van der Waals surface area contributed by atoms with Crippen molar-refractivity contribution in [3.05, 3.63) is 54.0 Å². The number of urea groups is 1. The lowest BCUT2D eigenvalue weighted by Crippen LogP contribution is -2.50. The number of rotatable bonds is 4. The van der Waals surface area contributed by atoms with E-state index in [4.69, 9.17) is 4.52 Å². The van der Waals surface area contributed by atoms with Gasteiger partial charge < -0.3 is 19.6 Å². The third-order valence-electron chi connectivity index (χ3n) is 5.67. The van der Waals surface area contributed by atoms with Crippen LogP contribution in [-0.2, 0) is 11.8 Å². The molecule has 4 rings (SSSR count). The van der Waals surface area contributed by atoms with Gasteiger partial charge in [0.25, 0.3) is 0 Å². The van der Waals surface area contributed by atoms with Crippen molar-refractivity contribution in [3.8, 4) is 11.4 Å². The normalized spacial score (nSPS) is 14.5. The molecule has 1 aliphatic rings. The molecule has 3 heterocycles. The molecule has 3 aromatic rings. The topological polar surface area (TPSA) is 87.4 Å². The highest BCUT2D eigenvalue weighted by Crippen LogP contribution is 2.24. The average Bonchev–Trinajstić information content (AvgIpc) is 3.28. The molecule has 0 bridgehead atoms. The molecule has 1 fully saturated rings. The maximum atomic E-state index is 12.7. The molecule has 168 valence electrons. The number of piperazine rings is 1. The molecule has 8 nitrogen and oxygen atoms in total. The van der Waals surface area contributed by atoms with E-state index < -0.39 is 0 Å². The number of carbonyl (C=O) groups is 1. The fraction of sp³-hybridized carbons (Fsp3) is 0.417. The molecule has 8 heteroatoms. The second-order valence-corrected chi connectivity index (χ2v) is 9.00. The summed E-state index contributed by atoms with van der Waals surface area (Å²) in [7, 11) is 0. The van der Waals surface area contributed by atoms with Crippen LogP contribution < -0.4 is 10.2 Å². The predicted molar refractivity (Wildman–Crippen MR) is 125 cm³/mol. The van der Waals surface area contributed by atoms with E-state index in [1.165, 1.54) is 5.56 Å². The van der Waals surface area contributed by atoms with Crippen LogP contribution in [0.3, 0.4) is 0 Å². The Hall–Kier alpha value is -3.42. The summed E-state index contributed by atoms with van der Waals surface area (Å²) in [6.07, 6.45) is 2.47. The molecule has 0 saturated carbocycles. The van der Waals surface area contributed by atoms with Gasteiger partial charge in [-0.25, -0.2) is 9.78 Å². The summed E-state index contributed by atoms with van der Waals surface area (Å²) in [4.78, 5) is 25.6. The predicted octanol–water partition coefficient (Wildman–Crippen LogP) is 4.35. The highest BCUT2D eigenvalue weighted by atomic mass is 16.5. The van der Waals surface area contributed by atoms with Crippen LogP contribution in [0.4, 0.5) is 16.3 Å². The minimum atomic E-state index is -0.0692. The largest absolute Gasteiger partial charge is 0.353 e. The minimum absolute atomic E-state index is 0.0692. The van der Waals surface area contributed by atoms with Gasteiger partial charge >= 0.3 is 6.03 Å². The molecule has 0 aliphatic carbocycles. The molecule has 1 aromatic carbocycles. The van der Waals surface area contributed by atoms with Gasteiger partial charge in [0.1, 0.15) is 5.82 Å². The lowest BCUT2D eigenvalue weighted by Gasteiger charge is -2.35. The Labute approximate surface area is 188 Å². The number of anilines is 2. The Morgan fingerprint density at radius 2 is 1.78 bits per heavy atom. The number of amides is 2. The molecular weight excluding hydrogens is 404 g/mol. The van der Waals surface area contributed by atoms with E-state index >= 15 is 0 Å². The second kappa shape index (κ2) is 8.98. The van der Waals surface area contributed by atoms with Crippen LogP contribution in [0, 0.1) is 0 Å². The minimum Gasteiger partial charge on any atom is -0.353 e. The Morgan fingerprint density at radius 3 is 2.34 bits per heavy atom. The summed E-state index contributed by atoms with van der Waals surface area (Å²) in [6, 6.07) is 11.9. The van der Waals surface area contributed by atoms with Gasteiger partial charge in [-0.05, 0) is 35.2 Å². The summed E-state index contributed by atoms with van der Waals surface area (Å²) in [5.74, 6) is 2.05. The van der Waals surface area contributed by atoms with E-state index in [0.29, 0.717) is 31.2 Å². The number of aryl methyl sites for hydroxylation is 1. The van der Waals surface area contributed by atoms with Crippen molar-refractivity contribution in [2.24, 2.45) is 0 Å². The van der Waals surface area contributed by atoms with Crippen LogP contribution >= 0.6 is 0 Å². The van der Waals surface area contributed by atoms with Gasteiger partial charge in [-0.2, -0.15) is 4.98 Å². The van der Waals surface area contributed by atoms with Crippen molar-refractivity contribution in [2.45, 2.75) is 39.5 Å². The van der Waals surface area contributed by atoms with Crippen LogP contribution in [0.15, 0.2) is 47.1 Å². The van der Waals surface area contributed by atoms with E-state index in [2.05, 4.69) is 58.2 Å². The first kappa shape index (κ1) is 21.8. The van der Waals surface area contributed by atoms with Gasteiger partial charge in [-0.15, -0.1) is 0 Å². The number of aromatic nitrogens is 3. The molecule has 0 unspecified atom stereocenters. The van der Waals surface area contributed by atoms with Gasteiger partial charge in [0.05, 0.1) is 0 Å². The maximum absolute atomic E-state index is 12.7. The summed E-state index contributed by atoms with van der Waals surface area (Å²) >= 11 is 0. The highest BCUT2D eigenvalue weighted by molar-refractivity contribution is 5.89. The third-order valence-corrected chi connectivity index (χ3v) is 5.67. The summed E-state index contributed by atoms with van der Waals surface area (Å²) in [6.45, 7) is 11.2. The number of carbonyl (C=O) groups excluding carboxylic acids is 1. The highest BCUT2D eigenvalue weighted by Gasteiger charge is 2.22. The van der Waals surface area contributed by atoms with Crippen LogP contribution in [0.1, 0.15) is 39.1 Å². The number of hydrogen-bond donors (Lipinski definition) is 1. The monoisotopic (exact) mass is 434 g/mol. The van der Waals surface area contributed by atoms with Crippen LogP contribution in [0.25, 0.3) is 11.4 Å². The van der Waals surface area contributed by atoms with Gasteiger partial charge in [0, 0.05) is 50.0 Å². The molecular formula is C24H30N6O2. The van der Waals surface area contributed by atoms with Gasteiger partial charge in [0.15, 0.2) is 0 Å². The van der Waals surface area contributed by atoms with E-state index in [1.54, 1.807) is 6.20 Å². The van der Waals surface area contributed by atoms with Gasteiger partial charge in [-0.1, -0.05) is 45.0 Å². The fourth-order valence-corrected chi connectivity index (χ4v) is 3.62. The maximum Gasteiger partial charge on any atom is 0.321 e. The summed E-state index contributed by atoms with van der Waals surface area (Å²) < 4.78 is 5.17. The lowest BCUT2D eigenvalue weighted by atomic mass is 9.87. The van der Waals surface area contributed by atoms with Crippen molar-refractivity contribution < 1.29 is 9.32 Å². The molecule has 0 spiro atoms. The van der Waals surface area contributed by atoms with E-state index in [0.717, 1.165) is 30.2 Å². The van der Waals surface area contributed by atoms with Crippen LogP contribution in [0.5, 0.6) is 0 Å². The number of benzene rings is 1. The zero-order valence-electron chi connectivity index (χ0n) is 19.1. The second-order valence-electron chi connectivity index (χ2n) is 9.00. The molecule has 0 radical (unpaired) electrons.